The van der Waals surface area contributed by atoms with E-state index in [1.165, 1.54) is 10.4 Å². The van der Waals surface area contributed by atoms with E-state index in [4.69, 9.17) is 11.6 Å². The van der Waals surface area contributed by atoms with Gasteiger partial charge in [-0.3, -0.25) is 0 Å². The first kappa shape index (κ1) is 21.3. The average Bonchev–Trinajstić information content (AvgIpc) is 2.76. The largest absolute Gasteiger partial charge is 0.353 e. The number of aromatic nitrogens is 2. The number of rotatable bonds is 4. The van der Waals surface area contributed by atoms with E-state index in [9.17, 15) is 8.42 Å². The standard InChI is InChI=1S/C20H27ClN6O2S/c1-16-3-4-17(15-18(16)21)30(28,29)27-13-11-26(12-14-27)20-6-5-19(22-23-20)25-9-7-24(2)8-10-25/h3-6,15H,7-14H2,1-2H3. The first-order valence-electron chi connectivity index (χ1n) is 10.1. The predicted molar refractivity (Wildman–Crippen MR) is 119 cm³/mol. The molecule has 2 fully saturated rings. The lowest BCUT2D eigenvalue weighted by Gasteiger charge is -2.35. The fourth-order valence-electron chi connectivity index (χ4n) is 3.73. The van der Waals surface area contributed by atoms with Crippen molar-refractivity contribution >= 4 is 33.3 Å². The summed E-state index contributed by atoms with van der Waals surface area (Å²) in [6.07, 6.45) is 0. The van der Waals surface area contributed by atoms with Gasteiger partial charge < -0.3 is 14.7 Å². The van der Waals surface area contributed by atoms with Crippen LogP contribution in [0.3, 0.4) is 0 Å². The molecule has 2 saturated heterocycles. The van der Waals surface area contributed by atoms with Crippen molar-refractivity contribution in [2.45, 2.75) is 11.8 Å². The van der Waals surface area contributed by atoms with Crippen LogP contribution >= 0.6 is 11.6 Å². The highest BCUT2D eigenvalue weighted by Crippen LogP contribution is 2.24. The number of benzene rings is 1. The van der Waals surface area contributed by atoms with Crippen LogP contribution in [0.2, 0.25) is 5.02 Å². The molecule has 2 aliphatic heterocycles. The molecule has 0 bridgehead atoms. The Labute approximate surface area is 183 Å². The summed E-state index contributed by atoms with van der Waals surface area (Å²) in [5, 5.41) is 9.27. The summed E-state index contributed by atoms with van der Waals surface area (Å²) in [6, 6.07) is 8.87. The number of piperazine rings is 2. The van der Waals surface area contributed by atoms with Gasteiger partial charge in [-0.25, -0.2) is 8.42 Å². The van der Waals surface area contributed by atoms with Gasteiger partial charge in [0.15, 0.2) is 11.6 Å². The van der Waals surface area contributed by atoms with Crippen molar-refractivity contribution in [3.63, 3.8) is 0 Å². The third-order valence-electron chi connectivity index (χ3n) is 5.81. The number of sulfonamides is 1. The van der Waals surface area contributed by atoms with Gasteiger partial charge in [-0.2, -0.15) is 4.31 Å². The van der Waals surface area contributed by atoms with Crippen LogP contribution in [0.15, 0.2) is 35.2 Å². The quantitative estimate of drug-likeness (QED) is 0.701. The Bertz CT molecular complexity index is 985. The van der Waals surface area contributed by atoms with Gasteiger partial charge >= 0.3 is 0 Å². The van der Waals surface area contributed by atoms with Gasteiger partial charge in [0.05, 0.1) is 4.90 Å². The van der Waals surface area contributed by atoms with Gasteiger partial charge in [-0.1, -0.05) is 17.7 Å². The Morgan fingerprint density at radius 3 is 1.87 bits per heavy atom. The van der Waals surface area contributed by atoms with Crippen molar-refractivity contribution in [1.29, 1.82) is 0 Å². The second kappa shape index (κ2) is 8.66. The predicted octanol–water partition coefficient (Wildman–Crippen LogP) is 1.70. The van der Waals surface area contributed by atoms with Crippen LogP contribution in [0.5, 0.6) is 0 Å². The van der Waals surface area contributed by atoms with Crippen molar-refractivity contribution < 1.29 is 8.42 Å². The van der Waals surface area contributed by atoms with Gasteiger partial charge in [0.2, 0.25) is 10.0 Å². The summed E-state index contributed by atoms with van der Waals surface area (Å²) >= 11 is 6.13. The summed E-state index contributed by atoms with van der Waals surface area (Å²) in [5.41, 5.74) is 0.860. The lowest BCUT2D eigenvalue weighted by atomic mass is 10.2. The van der Waals surface area contributed by atoms with Crippen molar-refractivity contribution in [1.82, 2.24) is 19.4 Å². The van der Waals surface area contributed by atoms with Gasteiger partial charge in [0.1, 0.15) is 0 Å². The zero-order valence-corrected chi connectivity index (χ0v) is 18.9. The number of nitrogens with zero attached hydrogens (tertiary/aromatic N) is 6. The van der Waals surface area contributed by atoms with Crippen LogP contribution in [0.4, 0.5) is 11.6 Å². The topological polar surface area (TPSA) is 72.9 Å². The van der Waals surface area contributed by atoms with Crippen LogP contribution in [-0.2, 0) is 10.0 Å². The molecule has 0 spiro atoms. The number of hydrogen-bond donors (Lipinski definition) is 0. The summed E-state index contributed by atoms with van der Waals surface area (Å²) in [6.45, 7) is 7.73. The smallest absolute Gasteiger partial charge is 0.243 e. The monoisotopic (exact) mass is 450 g/mol. The first-order chi connectivity index (χ1) is 14.3. The summed E-state index contributed by atoms with van der Waals surface area (Å²) in [5.74, 6) is 1.67. The number of halogens is 1. The number of hydrogen-bond acceptors (Lipinski definition) is 7. The Kier molecular flexibility index (Phi) is 6.15. The van der Waals surface area contributed by atoms with Crippen molar-refractivity contribution in [2.24, 2.45) is 0 Å². The first-order valence-corrected chi connectivity index (χ1v) is 11.9. The number of aryl methyl sites for hydroxylation is 1. The van der Waals surface area contributed by atoms with E-state index >= 15 is 0 Å². The maximum absolute atomic E-state index is 12.9. The van der Waals surface area contributed by atoms with E-state index in [0.29, 0.717) is 31.2 Å². The summed E-state index contributed by atoms with van der Waals surface area (Å²) in [4.78, 5) is 6.86. The minimum atomic E-state index is -3.56. The number of likely N-dealkylation sites (N-methyl/N-ethyl adjacent to an activating group) is 1. The van der Waals surface area contributed by atoms with Crippen LogP contribution in [0, 0.1) is 6.92 Å². The Balaban J connectivity index is 1.39. The van der Waals surface area contributed by atoms with Gasteiger partial charge in [-0.05, 0) is 43.8 Å². The van der Waals surface area contributed by atoms with E-state index in [2.05, 4.69) is 31.9 Å². The van der Waals surface area contributed by atoms with Gasteiger partial charge in [0, 0.05) is 57.4 Å². The zero-order chi connectivity index (χ0) is 21.3. The fourth-order valence-corrected chi connectivity index (χ4v) is 5.43. The van der Waals surface area contributed by atoms with Crippen LogP contribution in [0.25, 0.3) is 0 Å². The van der Waals surface area contributed by atoms with Crippen LogP contribution < -0.4 is 9.80 Å². The Hall–Kier alpha value is -1.94. The van der Waals surface area contributed by atoms with Gasteiger partial charge in [0.25, 0.3) is 0 Å². The minimum Gasteiger partial charge on any atom is -0.353 e. The lowest BCUT2D eigenvalue weighted by Crippen LogP contribution is -2.49. The summed E-state index contributed by atoms with van der Waals surface area (Å²) < 4.78 is 27.4. The molecule has 10 heteroatoms. The number of anilines is 2. The zero-order valence-electron chi connectivity index (χ0n) is 17.3. The second-order valence-electron chi connectivity index (χ2n) is 7.84. The molecule has 2 aliphatic rings. The second-order valence-corrected chi connectivity index (χ2v) is 10.2. The molecule has 2 aromatic rings. The van der Waals surface area contributed by atoms with Gasteiger partial charge in [-0.15, -0.1) is 10.2 Å². The highest BCUT2D eigenvalue weighted by atomic mass is 35.5. The van der Waals surface area contributed by atoms with E-state index in [0.717, 1.165) is 43.4 Å². The van der Waals surface area contributed by atoms with E-state index in [1.54, 1.807) is 12.1 Å². The molecule has 8 nitrogen and oxygen atoms in total. The van der Waals surface area contributed by atoms with Crippen LogP contribution in [0.1, 0.15) is 5.56 Å². The molecular weight excluding hydrogens is 424 g/mol. The molecule has 0 amide bonds. The third kappa shape index (κ3) is 4.39. The molecule has 0 saturated carbocycles. The molecule has 3 heterocycles. The maximum atomic E-state index is 12.9. The van der Waals surface area contributed by atoms with Crippen molar-refractivity contribution in [3.05, 3.63) is 40.9 Å². The molecule has 162 valence electrons. The van der Waals surface area contributed by atoms with E-state index < -0.39 is 10.0 Å². The maximum Gasteiger partial charge on any atom is 0.243 e. The molecule has 0 unspecified atom stereocenters. The Morgan fingerprint density at radius 1 is 0.833 bits per heavy atom. The van der Waals surface area contributed by atoms with Crippen molar-refractivity contribution in [3.8, 4) is 0 Å². The van der Waals surface area contributed by atoms with Crippen molar-refractivity contribution in [2.75, 3.05) is 69.2 Å². The fraction of sp³-hybridized carbons (Fsp3) is 0.500. The highest BCUT2D eigenvalue weighted by Gasteiger charge is 2.29. The molecule has 1 aromatic heterocycles. The molecule has 4 rings (SSSR count). The molecule has 0 radical (unpaired) electrons. The average molecular weight is 451 g/mol. The summed E-state index contributed by atoms with van der Waals surface area (Å²) in [7, 11) is -1.43. The minimum absolute atomic E-state index is 0.239. The molecule has 0 aliphatic carbocycles. The highest BCUT2D eigenvalue weighted by molar-refractivity contribution is 7.89. The SMILES string of the molecule is Cc1ccc(S(=O)(=O)N2CCN(c3ccc(N4CCN(C)CC4)nn3)CC2)cc1Cl. The van der Waals surface area contributed by atoms with Crippen LogP contribution in [-0.4, -0.2) is 87.2 Å². The normalized spacial score (nSPS) is 19.3. The van der Waals surface area contributed by atoms with E-state index in [1.807, 2.05) is 19.1 Å². The molecule has 1 aromatic carbocycles. The molecule has 0 N–H and O–H groups in total. The lowest BCUT2D eigenvalue weighted by molar-refractivity contribution is 0.312. The Morgan fingerprint density at radius 2 is 1.37 bits per heavy atom. The third-order valence-corrected chi connectivity index (χ3v) is 8.11. The van der Waals surface area contributed by atoms with E-state index in [-0.39, 0.29) is 4.90 Å². The molecular formula is C20H27ClN6O2S. The molecule has 0 atom stereocenters. The molecule has 30 heavy (non-hydrogen) atoms.